The average molecular weight is 116 g/mol. The van der Waals surface area contributed by atoms with E-state index in [1.165, 1.54) is 6.08 Å². The molecular weight excluding hydrogens is 112 g/mol. The molecule has 0 aromatic heterocycles. The second kappa shape index (κ2) is 1.83. The molecule has 0 spiro atoms. The number of aliphatic carboxylic acids is 1. The van der Waals surface area contributed by atoms with E-state index < -0.39 is 5.97 Å². The minimum atomic E-state index is -1.09. The fourth-order valence-electron chi connectivity index (χ4n) is 0.364. The summed E-state index contributed by atoms with van der Waals surface area (Å²) < 4.78 is 0. The van der Waals surface area contributed by atoms with E-state index in [-0.39, 0.29) is 12.4 Å². The van der Waals surface area contributed by atoms with Gasteiger partial charge >= 0.3 is 5.97 Å². The van der Waals surface area contributed by atoms with Gasteiger partial charge in [-0.3, -0.25) is 0 Å². The summed E-state index contributed by atoms with van der Waals surface area (Å²) in [5, 5.41) is 8.14. The van der Waals surface area contributed by atoms with Gasteiger partial charge in [0.15, 0.2) is 0 Å². The fraction of sp³-hybridized carbons (Fsp3) is 0.250. The molecule has 0 fully saturated rings. The van der Waals surface area contributed by atoms with Crippen LogP contribution in [0.15, 0.2) is 11.8 Å². The number of carboxylic acids is 1. The van der Waals surface area contributed by atoms with E-state index in [1.807, 2.05) is 0 Å². The van der Waals surface area contributed by atoms with E-state index in [4.69, 9.17) is 5.11 Å². The summed E-state index contributed by atoms with van der Waals surface area (Å²) in [6.45, 7) is 0.224. The largest absolute Gasteiger partial charge is 0.475 e. The molecule has 0 unspecified atom stereocenters. The zero-order chi connectivity index (χ0) is 5.98. The van der Waals surface area contributed by atoms with E-state index in [2.05, 4.69) is 9.78 Å². The van der Waals surface area contributed by atoms with E-state index in [1.54, 1.807) is 0 Å². The van der Waals surface area contributed by atoms with Gasteiger partial charge in [-0.05, 0) is 6.08 Å². The molecule has 1 N–H and O–H groups in total. The smallest absolute Gasteiger partial charge is 0.375 e. The van der Waals surface area contributed by atoms with Crippen LogP contribution in [0.4, 0.5) is 0 Å². The van der Waals surface area contributed by atoms with Crippen LogP contribution in [0.2, 0.25) is 0 Å². The van der Waals surface area contributed by atoms with Crippen LogP contribution in [-0.2, 0) is 14.6 Å². The number of hydrogen-bond acceptors (Lipinski definition) is 3. The molecule has 0 saturated heterocycles. The van der Waals surface area contributed by atoms with Crippen LogP contribution in [0.25, 0.3) is 0 Å². The highest BCUT2D eigenvalue weighted by atomic mass is 17.2. The van der Waals surface area contributed by atoms with Crippen LogP contribution >= 0.6 is 0 Å². The predicted molar refractivity (Wildman–Crippen MR) is 22.8 cm³/mol. The summed E-state index contributed by atoms with van der Waals surface area (Å²) in [5.41, 5.74) is 0. The third-order valence-corrected chi connectivity index (χ3v) is 0.696. The van der Waals surface area contributed by atoms with Gasteiger partial charge in [-0.1, -0.05) is 0 Å². The first-order valence-electron chi connectivity index (χ1n) is 2.03. The molecule has 4 nitrogen and oxygen atoms in total. The van der Waals surface area contributed by atoms with Crippen LogP contribution in [0.3, 0.4) is 0 Å². The third-order valence-electron chi connectivity index (χ3n) is 0.696. The summed E-state index contributed by atoms with van der Waals surface area (Å²) in [6.07, 6.45) is 1.35. The highest BCUT2D eigenvalue weighted by molar-refractivity contribution is 5.84. The van der Waals surface area contributed by atoms with E-state index in [0.717, 1.165) is 0 Å². The number of carboxylic acid groups (broad SMARTS) is 1. The monoisotopic (exact) mass is 116 g/mol. The molecule has 0 bridgehead atoms. The van der Waals surface area contributed by atoms with Crippen molar-refractivity contribution in [2.24, 2.45) is 0 Å². The van der Waals surface area contributed by atoms with Crippen molar-refractivity contribution in [2.45, 2.75) is 0 Å². The molecule has 8 heavy (non-hydrogen) atoms. The second-order valence-corrected chi connectivity index (χ2v) is 1.24. The van der Waals surface area contributed by atoms with Crippen molar-refractivity contribution in [3.8, 4) is 0 Å². The van der Waals surface area contributed by atoms with Gasteiger partial charge in [0.2, 0.25) is 5.76 Å². The van der Waals surface area contributed by atoms with Crippen LogP contribution < -0.4 is 0 Å². The minimum Gasteiger partial charge on any atom is -0.475 e. The van der Waals surface area contributed by atoms with Gasteiger partial charge in [0.1, 0.15) is 6.61 Å². The normalized spacial score (nSPS) is 17.2. The van der Waals surface area contributed by atoms with Crippen LogP contribution in [0.1, 0.15) is 0 Å². The predicted octanol–water partition coefficient (Wildman–Crippen LogP) is -0.0833. The Morgan fingerprint density at radius 3 is 2.88 bits per heavy atom. The van der Waals surface area contributed by atoms with Crippen molar-refractivity contribution in [3.05, 3.63) is 11.8 Å². The Hall–Kier alpha value is -1.03. The molecule has 0 amide bonds. The van der Waals surface area contributed by atoms with Gasteiger partial charge in [-0.15, -0.1) is 0 Å². The lowest BCUT2D eigenvalue weighted by Gasteiger charge is -1.90. The number of hydrogen-bond donors (Lipinski definition) is 1. The Bertz CT molecular complexity index is 137. The first-order chi connectivity index (χ1) is 3.80. The maximum atomic E-state index is 9.93. The molecule has 44 valence electrons. The molecule has 0 aliphatic carbocycles. The van der Waals surface area contributed by atoms with E-state index in [9.17, 15) is 4.79 Å². The fourth-order valence-corrected chi connectivity index (χ4v) is 0.364. The Morgan fingerprint density at radius 1 is 1.88 bits per heavy atom. The molecule has 0 atom stereocenters. The summed E-state index contributed by atoms with van der Waals surface area (Å²) in [5.74, 6) is -1.23. The van der Waals surface area contributed by atoms with Crippen LogP contribution in [-0.4, -0.2) is 17.7 Å². The summed E-state index contributed by atoms with van der Waals surface area (Å²) >= 11 is 0. The highest BCUT2D eigenvalue weighted by Crippen LogP contribution is 2.04. The molecule has 0 aromatic carbocycles. The van der Waals surface area contributed by atoms with Crippen molar-refractivity contribution in [2.75, 3.05) is 6.61 Å². The Balaban J connectivity index is 2.57. The number of rotatable bonds is 1. The molecule has 0 radical (unpaired) electrons. The van der Waals surface area contributed by atoms with Crippen molar-refractivity contribution >= 4 is 5.97 Å². The molecule has 1 heterocycles. The van der Waals surface area contributed by atoms with Crippen LogP contribution in [0, 0.1) is 0 Å². The lowest BCUT2D eigenvalue weighted by Crippen LogP contribution is -1.98. The highest BCUT2D eigenvalue weighted by Gasteiger charge is 2.13. The molecule has 0 saturated carbocycles. The molecule has 0 aromatic rings. The van der Waals surface area contributed by atoms with Gasteiger partial charge in [0, 0.05) is 0 Å². The molecule has 1 aliphatic rings. The van der Waals surface area contributed by atoms with E-state index >= 15 is 0 Å². The van der Waals surface area contributed by atoms with Crippen molar-refractivity contribution < 1.29 is 19.7 Å². The summed E-state index contributed by atoms with van der Waals surface area (Å²) in [4.78, 5) is 18.3. The van der Waals surface area contributed by atoms with Gasteiger partial charge in [0.25, 0.3) is 0 Å². The van der Waals surface area contributed by atoms with Gasteiger partial charge in [-0.2, -0.15) is 4.89 Å². The molecular formula is C4H4O4. The average Bonchev–Trinajstić information content (AvgIpc) is 2.12. The SMILES string of the molecule is O=C(O)C1=CCOO1. The van der Waals surface area contributed by atoms with E-state index in [0.29, 0.717) is 0 Å². The maximum Gasteiger partial charge on any atom is 0.375 e. The Kier molecular flexibility index (Phi) is 1.17. The first kappa shape index (κ1) is 5.11. The Labute approximate surface area is 45.3 Å². The third kappa shape index (κ3) is 0.788. The minimum absolute atomic E-state index is 0.134. The lowest BCUT2D eigenvalue weighted by atomic mass is 10.5. The maximum absolute atomic E-state index is 9.93. The zero-order valence-corrected chi connectivity index (χ0v) is 3.96. The lowest BCUT2D eigenvalue weighted by molar-refractivity contribution is -0.236. The first-order valence-corrected chi connectivity index (χ1v) is 2.03. The Morgan fingerprint density at radius 2 is 2.62 bits per heavy atom. The van der Waals surface area contributed by atoms with Gasteiger partial charge in [0.05, 0.1) is 0 Å². The topological polar surface area (TPSA) is 55.8 Å². The second-order valence-electron chi connectivity index (χ2n) is 1.24. The summed E-state index contributed by atoms with van der Waals surface area (Å²) in [7, 11) is 0. The molecule has 1 aliphatic heterocycles. The quantitative estimate of drug-likeness (QED) is 0.486. The number of carbonyl (C=O) groups is 1. The zero-order valence-electron chi connectivity index (χ0n) is 3.96. The standard InChI is InChI=1S/C4H4O4/c5-4(6)3-1-2-7-8-3/h1H,2H2,(H,5,6). The molecule has 4 heteroatoms. The van der Waals surface area contributed by atoms with Gasteiger partial charge < -0.3 is 9.99 Å². The van der Waals surface area contributed by atoms with Crippen LogP contribution in [0.5, 0.6) is 0 Å². The van der Waals surface area contributed by atoms with Crippen molar-refractivity contribution in [3.63, 3.8) is 0 Å². The van der Waals surface area contributed by atoms with Crippen molar-refractivity contribution in [1.29, 1.82) is 0 Å². The van der Waals surface area contributed by atoms with Crippen molar-refractivity contribution in [1.82, 2.24) is 0 Å². The van der Waals surface area contributed by atoms with Gasteiger partial charge in [-0.25, -0.2) is 4.79 Å². The molecule has 1 rings (SSSR count). The summed E-state index contributed by atoms with van der Waals surface area (Å²) in [6, 6.07) is 0.